The van der Waals surface area contributed by atoms with E-state index in [4.69, 9.17) is 0 Å². The minimum absolute atomic E-state index is 0.122. The van der Waals surface area contributed by atoms with E-state index >= 15 is 0 Å². The smallest absolute Gasteiger partial charge is 0.255 e. The molecular weight excluding hydrogens is 362 g/mol. The summed E-state index contributed by atoms with van der Waals surface area (Å²) in [5.74, 6) is 1.42. The molecule has 2 heterocycles. The van der Waals surface area contributed by atoms with Crippen molar-refractivity contribution in [2.24, 2.45) is 5.92 Å². The molecule has 1 aromatic heterocycles. The molecule has 1 fully saturated rings. The lowest BCUT2D eigenvalue weighted by atomic mass is 9.99. The molecule has 3 rings (SSSR count). The van der Waals surface area contributed by atoms with Crippen LogP contribution in [0.1, 0.15) is 36.5 Å². The molecule has 156 valence electrons. The number of hydrogen-bond acceptors (Lipinski definition) is 5. The Kier molecular flexibility index (Phi) is 7.47. The Labute approximate surface area is 174 Å². The van der Waals surface area contributed by atoms with Crippen LogP contribution in [0.15, 0.2) is 42.6 Å². The average molecular weight is 396 g/mol. The Morgan fingerprint density at radius 2 is 1.90 bits per heavy atom. The topological polar surface area (TPSA) is 60.5 Å². The Morgan fingerprint density at radius 1 is 1.17 bits per heavy atom. The van der Waals surface area contributed by atoms with Gasteiger partial charge in [0.1, 0.15) is 5.82 Å². The third-order valence-electron chi connectivity index (χ3n) is 5.38. The number of nitrogens with zero attached hydrogens (tertiary/aromatic N) is 3. The highest BCUT2D eigenvalue weighted by molar-refractivity contribution is 6.04. The number of anilines is 3. The number of hydrogen-bond donors (Lipinski definition) is 2. The largest absolute Gasteiger partial charge is 0.372 e. The summed E-state index contributed by atoms with van der Waals surface area (Å²) in [6.45, 7) is 6.37. The Bertz CT molecular complexity index is 782. The van der Waals surface area contributed by atoms with E-state index in [1.807, 2.05) is 12.1 Å². The van der Waals surface area contributed by atoms with Crippen molar-refractivity contribution in [3.05, 3.63) is 48.2 Å². The van der Waals surface area contributed by atoms with Crippen molar-refractivity contribution in [2.75, 3.05) is 55.8 Å². The molecule has 6 nitrogen and oxygen atoms in total. The van der Waals surface area contributed by atoms with Crippen LogP contribution in [0.2, 0.25) is 0 Å². The van der Waals surface area contributed by atoms with Crippen molar-refractivity contribution < 1.29 is 4.79 Å². The van der Waals surface area contributed by atoms with Gasteiger partial charge in [0.05, 0.1) is 0 Å². The molecule has 0 unspecified atom stereocenters. The molecule has 1 aromatic carbocycles. The van der Waals surface area contributed by atoms with E-state index in [0.29, 0.717) is 5.56 Å². The van der Waals surface area contributed by atoms with Gasteiger partial charge in [-0.15, -0.1) is 0 Å². The number of aromatic nitrogens is 1. The summed E-state index contributed by atoms with van der Waals surface area (Å²) in [4.78, 5) is 21.5. The SMILES string of the molecule is CC1CCN(c2ccc(NC(=O)c3ccnc(NCCCN(C)C)c3)cc2)CC1. The maximum atomic E-state index is 12.6. The van der Waals surface area contributed by atoms with Crippen molar-refractivity contribution in [1.82, 2.24) is 9.88 Å². The summed E-state index contributed by atoms with van der Waals surface area (Å²) >= 11 is 0. The summed E-state index contributed by atoms with van der Waals surface area (Å²) in [6.07, 6.45) is 5.18. The minimum Gasteiger partial charge on any atom is -0.372 e. The molecular formula is C23H33N5O. The molecule has 1 aliphatic heterocycles. The van der Waals surface area contributed by atoms with E-state index in [1.54, 1.807) is 18.3 Å². The van der Waals surface area contributed by atoms with Gasteiger partial charge in [0.2, 0.25) is 0 Å². The van der Waals surface area contributed by atoms with Gasteiger partial charge in [-0.2, -0.15) is 0 Å². The van der Waals surface area contributed by atoms with Crippen LogP contribution in [-0.2, 0) is 0 Å². The summed E-state index contributed by atoms with van der Waals surface area (Å²) in [6, 6.07) is 11.7. The molecule has 0 spiro atoms. The Hall–Kier alpha value is -2.60. The highest BCUT2D eigenvalue weighted by atomic mass is 16.1. The molecule has 6 heteroatoms. The molecule has 29 heavy (non-hydrogen) atoms. The quantitative estimate of drug-likeness (QED) is 0.663. The van der Waals surface area contributed by atoms with Crippen LogP contribution in [0.25, 0.3) is 0 Å². The predicted octanol–water partition coefficient (Wildman–Crippen LogP) is 3.93. The van der Waals surface area contributed by atoms with E-state index < -0.39 is 0 Å². The minimum atomic E-state index is -0.122. The molecule has 0 saturated carbocycles. The molecule has 0 aliphatic carbocycles. The normalized spacial score (nSPS) is 14.8. The van der Waals surface area contributed by atoms with Crippen LogP contribution >= 0.6 is 0 Å². The second-order valence-electron chi connectivity index (χ2n) is 8.18. The van der Waals surface area contributed by atoms with Gasteiger partial charge >= 0.3 is 0 Å². The van der Waals surface area contributed by atoms with E-state index in [2.05, 4.69) is 58.6 Å². The molecule has 2 aromatic rings. The number of carbonyl (C=O) groups is 1. The second-order valence-corrected chi connectivity index (χ2v) is 8.18. The zero-order valence-electron chi connectivity index (χ0n) is 17.8. The number of rotatable bonds is 8. The summed E-state index contributed by atoms with van der Waals surface area (Å²) in [7, 11) is 4.12. The molecule has 0 bridgehead atoms. The predicted molar refractivity (Wildman–Crippen MR) is 121 cm³/mol. The fraction of sp³-hybridized carbons (Fsp3) is 0.478. The first-order valence-electron chi connectivity index (χ1n) is 10.5. The van der Waals surface area contributed by atoms with Gasteiger partial charge in [-0.1, -0.05) is 6.92 Å². The van der Waals surface area contributed by atoms with E-state index in [-0.39, 0.29) is 5.91 Å². The Morgan fingerprint density at radius 3 is 2.59 bits per heavy atom. The van der Waals surface area contributed by atoms with Crippen LogP contribution in [-0.4, -0.2) is 56.1 Å². The van der Waals surface area contributed by atoms with Crippen molar-refractivity contribution >= 4 is 23.1 Å². The van der Waals surface area contributed by atoms with Crippen LogP contribution in [0, 0.1) is 5.92 Å². The van der Waals surface area contributed by atoms with Gasteiger partial charge in [-0.05, 0) is 82.2 Å². The average Bonchev–Trinajstić information content (AvgIpc) is 2.72. The Balaban J connectivity index is 1.54. The van der Waals surface area contributed by atoms with Gasteiger partial charge in [0, 0.05) is 42.8 Å². The first kappa shape index (κ1) is 21.1. The number of amides is 1. The van der Waals surface area contributed by atoms with Crippen molar-refractivity contribution in [1.29, 1.82) is 0 Å². The second kappa shape index (κ2) is 10.3. The summed E-state index contributed by atoms with van der Waals surface area (Å²) in [5, 5.41) is 6.27. The fourth-order valence-electron chi connectivity index (χ4n) is 3.51. The number of piperidine rings is 1. The van der Waals surface area contributed by atoms with Crippen LogP contribution in [0.3, 0.4) is 0 Å². The van der Waals surface area contributed by atoms with E-state index in [9.17, 15) is 4.79 Å². The number of nitrogens with one attached hydrogen (secondary N) is 2. The zero-order chi connectivity index (χ0) is 20.6. The van der Waals surface area contributed by atoms with Gasteiger partial charge in [0.15, 0.2) is 0 Å². The molecule has 0 radical (unpaired) electrons. The third-order valence-corrected chi connectivity index (χ3v) is 5.38. The third kappa shape index (κ3) is 6.46. The molecule has 0 atom stereocenters. The standard InChI is InChI=1S/C23H33N5O/c1-18-10-15-28(16-11-18)21-7-5-20(6-8-21)26-23(29)19-9-13-25-22(17-19)24-12-4-14-27(2)3/h5-9,13,17-18H,4,10-12,14-16H2,1-3H3,(H,24,25)(H,26,29). The molecule has 1 amide bonds. The van der Waals surface area contributed by atoms with Gasteiger partial charge in [-0.25, -0.2) is 4.98 Å². The maximum Gasteiger partial charge on any atom is 0.255 e. The van der Waals surface area contributed by atoms with E-state index in [0.717, 1.165) is 50.0 Å². The highest BCUT2D eigenvalue weighted by Gasteiger charge is 2.16. The zero-order valence-corrected chi connectivity index (χ0v) is 17.8. The van der Waals surface area contributed by atoms with Crippen molar-refractivity contribution in [3.8, 4) is 0 Å². The molecule has 1 saturated heterocycles. The fourth-order valence-corrected chi connectivity index (χ4v) is 3.51. The van der Waals surface area contributed by atoms with Crippen molar-refractivity contribution in [3.63, 3.8) is 0 Å². The van der Waals surface area contributed by atoms with E-state index in [1.165, 1.54) is 18.5 Å². The van der Waals surface area contributed by atoms with Crippen LogP contribution in [0.4, 0.5) is 17.2 Å². The van der Waals surface area contributed by atoms with Crippen molar-refractivity contribution in [2.45, 2.75) is 26.2 Å². The van der Waals surface area contributed by atoms with Gasteiger partial charge in [-0.3, -0.25) is 4.79 Å². The van der Waals surface area contributed by atoms with Gasteiger partial charge in [0.25, 0.3) is 5.91 Å². The maximum absolute atomic E-state index is 12.6. The van der Waals surface area contributed by atoms with Crippen LogP contribution < -0.4 is 15.5 Å². The summed E-state index contributed by atoms with van der Waals surface area (Å²) in [5.41, 5.74) is 2.63. The number of benzene rings is 1. The lowest BCUT2D eigenvalue weighted by Crippen LogP contribution is -2.32. The number of carbonyl (C=O) groups excluding carboxylic acids is 1. The lowest BCUT2D eigenvalue weighted by Gasteiger charge is -2.32. The monoisotopic (exact) mass is 395 g/mol. The highest BCUT2D eigenvalue weighted by Crippen LogP contribution is 2.24. The molecule has 1 aliphatic rings. The number of pyridine rings is 1. The first-order valence-corrected chi connectivity index (χ1v) is 10.5. The summed E-state index contributed by atoms with van der Waals surface area (Å²) < 4.78 is 0. The lowest BCUT2D eigenvalue weighted by molar-refractivity contribution is 0.102. The van der Waals surface area contributed by atoms with Gasteiger partial charge < -0.3 is 20.4 Å². The van der Waals surface area contributed by atoms with Crippen LogP contribution in [0.5, 0.6) is 0 Å². The molecule has 2 N–H and O–H groups in total. The first-order chi connectivity index (χ1) is 14.0.